The number of carbonyl (C=O) groups is 1. The van der Waals surface area contributed by atoms with Gasteiger partial charge in [-0.3, -0.25) is 10.1 Å². The third kappa shape index (κ3) is 4.05. The number of hydrogen-bond acceptors (Lipinski definition) is 4. The van der Waals surface area contributed by atoms with Crippen molar-refractivity contribution in [1.29, 1.82) is 0 Å². The topological polar surface area (TPSA) is 78.7 Å². The smallest absolute Gasteiger partial charge is 0.321 e. The lowest BCUT2D eigenvalue weighted by Gasteiger charge is -2.36. The summed E-state index contributed by atoms with van der Waals surface area (Å²) in [5.74, 6) is 0. The molecule has 0 aliphatic carbocycles. The number of aryl methyl sites for hydroxylation is 1. The molecule has 1 aliphatic heterocycles. The number of nitro groups is 1. The fraction of sp³-hybridized carbons (Fsp3) is 0.278. The molecule has 1 aliphatic rings. The van der Waals surface area contributed by atoms with Crippen molar-refractivity contribution in [2.45, 2.75) is 6.92 Å². The zero-order chi connectivity index (χ0) is 18.7. The summed E-state index contributed by atoms with van der Waals surface area (Å²) in [5, 5.41) is 14.2. The van der Waals surface area contributed by atoms with E-state index in [1.54, 1.807) is 17.0 Å². The summed E-state index contributed by atoms with van der Waals surface area (Å²) in [4.78, 5) is 26.7. The maximum absolute atomic E-state index is 12.4. The Morgan fingerprint density at radius 1 is 1.15 bits per heavy atom. The highest BCUT2D eigenvalue weighted by molar-refractivity contribution is 6.30. The zero-order valence-electron chi connectivity index (χ0n) is 14.3. The van der Waals surface area contributed by atoms with Crippen LogP contribution in [0, 0.1) is 17.0 Å². The molecule has 7 nitrogen and oxygen atoms in total. The van der Waals surface area contributed by atoms with E-state index in [2.05, 4.69) is 10.2 Å². The number of urea groups is 1. The first kappa shape index (κ1) is 18.0. The van der Waals surface area contributed by atoms with E-state index in [1.165, 1.54) is 12.1 Å². The molecule has 1 heterocycles. The number of nitrogens with one attached hydrogen (secondary N) is 1. The zero-order valence-corrected chi connectivity index (χ0v) is 15.1. The molecule has 0 saturated carbocycles. The molecular formula is C18H19ClN4O3. The minimum Gasteiger partial charge on any atom is -0.368 e. The third-order valence-corrected chi connectivity index (χ3v) is 4.62. The second kappa shape index (κ2) is 7.61. The van der Waals surface area contributed by atoms with Gasteiger partial charge in [-0.2, -0.15) is 0 Å². The molecule has 2 amide bonds. The first-order chi connectivity index (χ1) is 12.4. The number of piperazine rings is 1. The second-order valence-corrected chi connectivity index (χ2v) is 6.58. The summed E-state index contributed by atoms with van der Waals surface area (Å²) in [6.45, 7) is 4.56. The maximum atomic E-state index is 12.4. The third-order valence-electron chi connectivity index (χ3n) is 4.39. The van der Waals surface area contributed by atoms with Crippen LogP contribution in [0.15, 0.2) is 42.5 Å². The standard InChI is InChI=1S/C18H19ClN4O3/c1-13-5-6-14(19)11-17(13)21-7-9-22(10-8-21)18(24)20-15-3-2-4-16(12-15)23(25)26/h2-6,11-12H,7-10H2,1H3,(H,20,24). The van der Waals surface area contributed by atoms with E-state index in [1.807, 2.05) is 25.1 Å². The van der Waals surface area contributed by atoms with Crippen molar-refractivity contribution < 1.29 is 9.72 Å². The SMILES string of the molecule is Cc1ccc(Cl)cc1N1CCN(C(=O)Nc2cccc([N+](=O)[O-])c2)CC1. The Hall–Kier alpha value is -2.80. The average Bonchev–Trinajstić information content (AvgIpc) is 2.64. The Morgan fingerprint density at radius 3 is 2.58 bits per heavy atom. The van der Waals surface area contributed by atoms with Crippen molar-refractivity contribution in [2.24, 2.45) is 0 Å². The minimum atomic E-state index is -0.484. The number of nitrogens with zero attached hydrogens (tertiary/aromatic N) is 3. The number of halogens is 1. The number of carbonyl (C=O) groups excluding carboxylic acids is 1. The van der Waals surface area contributed by atoms with Crippen molar-refractivity contribution in [1.82, 2.24) is 4.90 Å². The van der Waals surface area contributed by atoms with Crippen molar-refractivity contribution in [3.63, 3.8) is 0 Å². The molecule has 136 valence electrons. The van der Waals surface area contributed by atoms with Crippen LogP contribution in [0.4, 0.5) is 21.9 Å². The number of nitro benzene ring substituents is 1. The molecule has 2 aromatic carbocycles. The monoisotopic (exact) mass is 374 g/mol. The van der Waals surface area contributed by atoms with Gasteiger partial charge in [-0.05, 0) is 30.7 Å². The van der Waals surface area contributed by atoms with Crippen LogP contribution in [0.5, 0.6) is 0 Å². The number of amides is 2. The second-order valence-electron chi connectivity index (χ2n) is 6.14. The quantitative estimate of drug-likeness (QED) is 0.652. The number of hydrogen-bond donors (Lipinski definition) is 1. The summed E-state index contributed by atoms with van der Waals surface area (Å²) >= 11 is 6.09. The first-order valence-electron chi connectivity index (χ1n) is 8.25. The van der Waals surface area contributed by atoms with Crippen LogP contribution in [0.2, 0.25) is 5.02 Å². The average molecular weight is 375 g/mol. The molecule has 0 atom stereocenters. The Balaban J connectivity index is 1.61. The molecule has 0 bridgehead atoms. The van der Waals surface area contributed by atoms with Crippen LogP contribution < -0.4 is 10.2 Å². The lowest BCUT2D eigenvalue weighted by molar-refractivity contribution is -0.384. The molecule has 8 heteroatoms. The van der Waals surface area contributed by atoms with Crippen LogP contribution in [0.1, 0.15) is 5.56 Å². The van der Waals surface area contributed by atoms with Crippen LogP contribution in [0.3, 0.4) is 0 Å². The van der Waals surface area contributed by atoms with E-state index < -0.39 is 4.92 Å². The van der Waals surface area contributed by atoms with Crippen molar-refractivity contribution in [2.75, 3.05) is 36.4 Å². The normalized spacial score (nSPS) is 14.2. The molecule has 1 fully saturated rings. The van der Waals surface area contributed by atoms with Crippen LogP contribution in [-0.4, -0.2) is 42.0 Å². The molecule has 0 spiro atoms. The van der Waals surface area contributed by atoms with Gasteiger partial charge in [-0.1, -0.05) is 23.7 Å². The molecule has 1 N–H and O–H groups in total. The van der Waals surface area contributed by atoms with E-state index in [0.29, 0.717) is 36.9 Å². The predicted molar refractivity (Wildman–Crippen MR) is 102 cm³/mol. The van der Waals surface area contributed by atoms with Gasteiger partial charge >= 0.3 is 6.03 Å². The van der Waals surface area contributed by atoms with Crippen molar-refractivity contribution >= 4 is 34.7 Å². The Bertz CT molecular complexity index is 835. The number of anilines is 2. The van der Waals surface area contributed by atoms with Gasteiger partial charge in [0.15, 0.2) is 0 Å². The lowest BCUT2D eigenvalue weighted by Crippen LogP contribution is -2.50. The predicted octanol–water partition coefficient (Wildman–Crippen LogP) is 3.91. The van der Waals surface area contributed by atoms with Gasteiger partial charge in [-0.15, -0.1) is 0 Å². The number of benzene rings is 2. The van der Waals surface area contributed by atoms with Gasteiger partial charge in [0, 0.05) is 54.7 Å². The van der Waals surface area contributed by atoms with E-state index in [9.17, 15) is 14.9 Å². The highest BCUT2D eigenvalue weighted by Crippen LogP contribution is 2.25. The molecule has 0 radical (unpaired) electrons. The molecule has 3 rings (SSSR count). The van der Waals surface area contributed by atoms with Gasteiger partial charge < -0.3 is 15.1 Å². The van der Waals surface area contributed by atoms with Crippen LogP contribution in [0.25, 0.3) is 0 Å². The summed E-state index contributed by atoms with van der Waals surface area (Å²) < 4.78 is 0. The van der Waals surface area contributed by atoms with Gasteiger partial charge in [-0.25, -0.2) is 4.79 Å². The Kier molecular flexibility index (Phi) is 5.27. The highest BCUT2D eigenvalue weighted by Gasteiger charge is 2.22. The van der Waals surface area contributed by atoms with Gasteiger partial charge in [0.1, 0.15) is 0 Å². The van der Waals surface area contributed by atoms with Crippen molar-refractivity contribution in [3.05, 3.63) is 63.2 Å². The number of non-ortho nitro benzene ring substituents is 1. The minimum absolute atomic E-state index is 0.0518. The van der Waals surface area contributed by atoms with E-state index in [0.717, 1.165) is 11.3 Å². The molecule has 0 aromatic heterocycles. The molecule has 2 aromatic rings. The molecular weight excluding hydrogens is 356 g/mol. The fourth-order valence-electron chi connectivity index (χ4n) is 2.97. The first-order valence-corrected chi connectivity index (χ1v) is 8.63. The van der Waals surface area contributed by atoms with E-state index in [4.69, 9.17) is 11.6 Å². The summed E-state index contributed by atoms with van der Waals surface area (Å²) in [6, 6.07) is 11.5. The molecule has 0 unspecified atom stereocenters. The number of rotatable bonds is 3. The van der Waals surface area contributed by atoms with Crippen molar-refractivity contribution in [3.8, 4) is 0 Å². The largest absolute Gasteiger partial charge is 0.368 e. The summed E-state index contributed by atoms with van der Waals surface area (Å²) in [6.07, 6.45) is 0. The lowest BCUT2D eigenvalue weighted by atomic mass is 10.1. The van der Waals surface area contributed by atoms with Crippen LogP contribution >= 0.6 is 11.6 Å². The van der Waals surface area contributed by atoms with Crippen LogP contribution in [-0.2, 0) is 0 Å². The molecule has 1 saturated heterocycles. The Morgan fingerprint density at radius 2 is 1.88 bits per heavy atom. The Labute approximate surface area is 156 Å². The maximum Gasteiger partial charge on any atom is 0.321 e. The van der Waals surface area contributed by atoms with E-state index >= 15 is 0 Å². The van der Waals surface area contributed by atoms with Gasteiger partial charge in [0.25, 0.3) is 5.69 Å². The van der Waals surface area contributed by atoms with E-state index in [-0.39, 0.29) is 11.7 Å². The summed E-state index contributed by atoms with van der Waals surface area (Å²) in [7, 11) is 0. The van der Waals surface area contributed by atoms with Gasteiger partial charge in [0.05, 0.1) is 4.92 Å². The summed E-state index contributed by atoms with van der Waals surface area (Å²) in [5.41, 5.74) is 2.58. The molecule has 26 heavy (non-hydrogen) atoms. The highest BCUT2D eigenvalue weighted by atomic mass is 35.5. The fourth-order valence-corrected chi connectivity index (χ4v) is 3.14. The van der Waals surface area contributed by atoms with Gasteiger partial charge in [0.2, 0.25) is 0 Å².